The maximum atomic E-state index is 14.3. The minimum Gasteiger partial charge on any atom is -0.326 e. The molecule has 1 fully saturated rings. The Labute approximate surface area is 163 Å². The number of halogens is 5. The van der Waals surface area contributed by atoms with Crippen molar-refractivity contribution in [2.24, 2.45) is 10.9 Å². The van der Waals surface area contributed by atoms with Crippen LogP contribution in [0.25, 0.3) is 0 Å². The molecule has 4 rings (SSSR count). The van der Waals surface area contributed by atoms with Crippen molar-refractivity contribution in [3.05, 3.63) is 58.9 Å². The SMILES string of the molecule is Fc1ccc(NC2=NC(C#CC3CC3)(C(F)(F)F)c3cc(Cl)ccc3N2)cc1. The number of benzene rings is 2. The highest BCUT2D eigenvalue weighted by atomic mass is 35.5. The van der Waals surface area contributed by atoms with Crippen molar-refractivity contribution in [2.45, 2.75) is 24.6 Å². The maximum Gasteiger partial charge on any atom is 0.429 e. The molecule has 0 radical (unpaired) electrons. The third kappa shape index (κ3) is 3.52. The van der Waals surface area contributed by atoms with Crippen LogP contribution in [0.2, 0.25) is 5.02 Å². The third-order valence-electron chi connectivity index (χ3n) is 4.46. The fourth-order valence-electron chi connectivity index (χ4n) is 2.85. The number of aliphatic imine (C=N–C) groups is 1. The molecule has 1 heterocycles. The lowest BCUT2D eigenvalue weighted by atomic mass is 9.87. The van der Waals surface area contributed by atoms with Gasteiger partial charge in [0, 0.05) is 27.9 Å². The van der Waals surface area contributed by atoms with Gasteiger partial charge in [0.2, 0.25) is 11.5 Å². The second-order valence-corrected chi connectivity index (χ2v) is 7.10. The second-order valence-electron chi connectivity index (χ2n) is 6.66. The number of guanidine groups is 1. The summed E-state index contributed by atoms with van der Waals surface area (Å²) in [5.74, 6) is 4.45. The van der Waals surface area contributed by atoms with E-state index in [0.717, 1.165) is 12.8 Å². The van der Waals surface area contributed by atoms with E-state index in [1.165, 1.54) is 42.5 Å². The highest BCUT2D eigenvalue weighted by molar-refractivity contribution is 6.30. The number of hydrogen-bond donors (Lipinski definition) is 2. The summed E-state index contributed by atoms with van der Waals surface area (Å²) in [6, 6.07) is 9.38. The van der Waals surface area contributed by atoms with Crippen LogP contribution in [0.15, 0.2) is 47.5 Å². The van der Waals surface area contributed by atoms with Gasteiger partial charge in [-0.2, -0.15) is 13.2 Å². The summed E-state index contributed by atoms with van der Waals surface area (Å²) < 4.78 is 56.0. The summed E-state index contributed by atoms with van der Waals surface area (Å²) in [6.45, 7) is 0. The van der Waals surface area contributed by atoms with E-state index in [0.29, 0.717) is 5.69 Å². The molecule has 144 valence electrons. The molecular formula is C20H14ClF4N3. The van der Waals surface area contributed by atoms with Crippen molar-refractivity contribution in [3.63, 3.8) is 0 Å². The highest BCUT2D eigenvalue weighted by Crippen LogP contribution is 2.48. The Bertz CT molecular complexity index is 1000. The van der Waals surface area contributed by atoms with E-state index in [2.05, 4.69) is 27.5 Å². The van der Waals surface area contributed by atoms with Crippen molar-refractivity contribution < 1.29 is 17.6 Å². The molecule has 1 aliphatic heterocycles. The van der Waals surface area contributed by atoms with Crippen LogP contribution in [0, 0.1) is 23.6 Å². The van der Waals surface area contributed by atoms with E-state index in [-0.39, 0.29) is 28.2 Å². The number of anilines is 2. The Hall–Kier alpha value is -2.72. The molecule has 2 aliphatic rings. The number of fused-ring (bicyclic) bond motifs is 1. The molecule has 0 amide bonds. The minimum absolute atomic E-state index is 0.0412. The summed E-state index contributed by atoms with van der Waals surface area (Å²) in [5.41, 5.74) is -2.31. The normalized spacial score (nSPS) is 21.0. The standard InChI is InChI=1S/C20H14ClF4N3/c21-13-3-8-17-16(11-13)19(20(23,24)25,10-9-12-1-2-12)28-18(27-17)26-15-6-4-14(22)5-7-15/h3-8,11-12H,1-2H2,(H2,26,27,28). The first-order valence-corrected chi connectivity index (χ1v) is 8.93. The number of alkyl halides is 3. The Morgan fingerprint density at radius 1 is 1.14 bits per heavy atom. The van der Waals surface area contributed by atoms with E-state index < -0.39 is 17.5 Å². The topological polar surface area (TPSA) is 36.4 Å². The Balaban J connectivity index is 1.84. The van der Waals surface area contributed by atoms with E-state index in [4.69, 9.17) is 11.6 Å². The van der Waals surface area contributed by atoms with Crippen LogP contribution in [0.4, 0.5) is 28.9 Å². The molecule has 2 aromatic carbocycles. The van der Waals surface area contributed by atoms with Crippen LogP contribution in [0.1, 0.15) is 18.4 Å². The first-order chi connectivity index (χ1) is 13.3. The monoisotopic (exact) mass is 407 g/mol. The number of rotatable bonds is 1. The zero-order chi connectivity index (χ0) is 19.9. The van der Waals surface area contributed by atoms with Gasteiger partial charge in [-0.05, 0) is 55.3 Å². The zero-order valence-electron chi connectivity index (χ0n) is 14.4. The van der Waals surface area contributed by atoms with Crippen LogP contribution < -0.4 is 10.6 Å². The maximum absolute atomic E-state index is 14.3. The van der Waals surface area contributed by atoms with Gasteiger partial charge in [-0.15, -0.1) is 0 Å². The largest absolute Gasteiger partial charge is 0.429 e. The molecular weight excluding hydrogens is 394 g/mol. The lowest BCUT2D eigenvalue weighted by molar-refractivity contribution is -0.170. The summed E-state index contributed by atoms with van der Waals surface area (Å²) in [4.78, 5) is 3.93. The quantitative estimate of drug-likeness (QED) is 0.480. The van der Waals surface area contributed by atoms with Gasteiger partial charge in [0.1, 0.15) is 5.82 Å². The average molecular weight is 408 g/mol. The predicted molar refractivity (Wildman–Crippen MR) is 101 cm³/mol. The Kier molecular flexibility index (Phi) is 4.47. The molecule has 1 aliphatic carbocycles. The van der Waals surface area contributed by atoms with Crippen molar-refractivity contribution in [1.29, 1.82) is 0 Å². The molecule has 1 atom stereocenters. The first kappa shape index (κ1) is 18.6. The lowest BCUT2D eigenvalue weighted by Crippen LogP contribution is -2.45. The summed E-state index contributed by atoms with van der Waals surface area (Å²) in [6.07, 6.45) is -3.20. The molecule has 0 bridgehead atoms. The molecule has 0 spiro atoms. The van der Waals surface area contributed by atoms with Gasteiger partial charge in [0.25, 0.3) is 0 Å². The Morgan fingerprint density at radius 3 is 2.50 bits per heavy atom. The molecule has 28 heavy (non-hydrogen) atoms. The second kappa shape index (κ2) is 6.71. The molecule has 2 N–H and O–H groups in total. The summed E-state index contributed by atoms with van der Waals surface area (Å²) in [5, 5.41) is 5.76. The van der Waals surface area contributed by atoms with Crippen LogP contribution in [-0.2, 0) is 5.54 Å². The molecule has 0 saturated heterocycles. The summed E-state index contributed by atoms with van der Waals surface area (Å²) in [7, 11) is 0. The van der Waals surface area contributed by atoms with Gasteiger partial charge in [-0.1, -0.05) is 23.4 Å². The van der Waals surface area contributed by atoms with Crippen molar-refractivity contribution in [3.8, 4) is 11.8 Å². The van der Waals surface area contributed by atoms with Crippen LogP contribution in [-0.4, -0.2) is 12.1 Å². The Morgan fingerprint density at radius 2 is 1.86 bits per heavy atom. The smallest absolute Gasteiger partial charge is 0.326 e. The van der Waals surface area contributed by atoms with Crippen LogP contribution in [0.3, 0.4) is 0 Å². The van der Waals surface area contributed by atoms with Gasteiger partial charge in [-0.3, -0.25) is 0 Å². The molecule has 2 aromatic rings. The van der Waals surface area contributed by atoms with Gasteiger partial charge < -0.3 is 10.6 Å². The first-order valence-electron chi connectivity index (χ1n) is 8.56. The molecule has 1 unspecified atom stereocenters. The number of hydrogen-bond acceptors (Lipinski definition) is 3. The average Bonchev–Trinajstić information content (AvgIpc) is 3.45. The molecule has 3 nitrogen and oxygen atoms in total. The van der Waals surface area contributed by atoms with Crippen LogP contribution >= 0.6 is 11.6 Å². The highest BCUT2D eigenvalue weighted by Gasteiger charge is 2.58. The molecule has 0 aromatic heterocycles. The fraction of sp³-hybridized carbons (Fsp3) is 0.250. The minimum atomic E-state index is -4.77. The van der Waals surface area contributed by atoms with Crippen molar-refractivity contribution >= 4 is 28.9 Å². The van der Waals surface area contributed by atoms with Crippen molar-refractivity contribution in [2.75, 3.05) is 10.6 Å². The van der Waals surface area contributed by atoms with Crippen LogP contribution in [0.5, 0.6) is 0 Å². The van der Waals surface area contributed by atoms with Gasteiger partial charge in [0.15, 0.2) is 0 Å². The van der Waals surface area contributed by atoms with E-state index in [9.17, 15) is 17.6 Å². The van der Waals surface area contributed by atoms with E-state index in [1.807, 2.05) is 0 Å². The van der Waals surface area contributed by atoms with E-state index >= 15 is 0 Å². The number of nitrogens with zero attached hydrogens (tertiary/aromatic N) is 1. The fourth-order valence-corrected chi connectivity index (χ4v) is 3.03. The zero-order valence-corrected chi connectivity index (χ0v) is 15.1. The van der Waals surface area contributed by atoms with Gasteiger partial charge in [0.05, 0.1) is 0 Å². The van der Waals surface area contributed by atoms with Crippen molar-refractivity contribution in [1.82, 2.24) is 0 Å². The third-order valence-corrected chi connectivity index (χ3v) is 4.69. The molecule has 8 heteroatoms. The van der Waals surface area contributed by atoms with Gasteiger partial charge in [-0.25, -0.2) is 9.38 Å². The predicted octanol–water partition coefficient (Wildman–Crippen LogP) is 5.54. The summed E-state index contributed by atoms with van der Waals surface area (Å²) >= 11 is 5.97. The van der Waals surface area contributed by atoms with E-state index in [1.54, 1.807) is 0 Å². The molecule has 1 saturated carbocycles. The number of nitrogens with one attached hydrogen (secondary N) is 2. The lowest BCUT2D eigenvalue weighted by Gasteiger charge is -2.34. The van der Waals surface area contributed by atoms with Gasteiger partial charge >= 0.3 is 6.18 Å².